The van der Waals surface area contributed by atoms with Crippen molar-refractivity contribution in [2.24, 2.45) is 5.41 Å². The van der Waals surface area contributed by atoms with E-state index in [9.17, 15) is 9.59 Å². The molecule has 0 saturated carbocycles. The monoisotopic (exact) mass is 428 g/mol. The second-order valence-electron chi connectivity index (χ2n) is 8.10. The number of amides is 2. The Hall–Kier alpha value is -2.45. The van der Waals surface area contributed by atoms with Crippen LogP contribution in [-0.2, 0) is 16.1 Å². The molecule has 0 aliphatic carbocycles. The third-order valence-corrected chi connectivity index (χ3v) is 6.59. The number of rotatable bonds is 8. The molecule has 0 bridgehead atoms. The standard InChI is InChI=1S/C22H28N4O3S/c1-2-10-26-12-8-22(20(26)28)7-11-25(16-22)14-17-3-5-18(6-4-17)29-15-19(27)24-21-23-9-13-30-21/h3-6,9,13H,2,7-8,10-12,14-16H2,1H3,(H,23,24,27). The topological polar surface area (TPSA) is 74.8 Å². The number of carbonyl (C=O) groups is 2. The molecule has 1 aromatic carbocycles. The van der Waals surface area contributed by atoms with Gasteiger partial charge in [-0.15, -0.1) is 11.3 Å². The lowest BCUT2D eigenvalue weighted by molar-refractivity contribution is -0.135. The van der Waals surface area contributed by atoms with Gasteiger partial charge in [0.05, 0.1) is 5.41 Å². The van der Waals surface area contributed by atoms with Gasteiger partial charge in [-0.1, -0.05) is 19.1 Å². The number of carbonyl (C=O) groups excluding carboxylic acids is 2. The maximum atomic E-state index is 12.8. The van der Waals surface area contributed by atoms with Crippen LogP contribution in [-0.4, -0.2) is 59.4 Å². The minimum Gasteiger partial charge on any atom is -0.484 e. The van der Waals surface area contributed by atoms with E-state index < -0.39 is 0 Å². The first-order chi connectivity index (χ1) is 14.6. The average molecular weight is 429 g/mol. The first-order valence-electron chi connectivity index (χ1n) is 10.5. The zero-order valence-electron chi connectivity index (χ0n) is 17.3. The molecule has 7 nitrogen and oxygen atoms in total. The van der Waals surface area contributed by atoms with Crippen LogP contribution in [0.2, 0.25) is 0 Å². The van der Waals surface area contributed by atoms with Crippen molar-refractivity contribution in [2.45, 2.75) is 32.7 Å². The maximum Gasteiger partial charge on any atom is 0.264 e. The zero-order chi connectivity index (χ0) is 21.0. The summed E-state index contributed by atoms with van der Waals surface area (Å²) in [6.07, 6.45) is 4.61. The van der Waals surface area contributed by atoms with Crippen LogP contribution in [0.4, 0.5) is 5.13 Å². The molecule has 2 aromatic rings. The van der Waals surface area contributed by atoms with Crippen LogP contribution in [0, 0.1) is 5.41 Å². The Morgan fingerprint density at radius 2 is 2.07 bits per heavy atom. The number of aromatic nitrogens is 1. The third kappa shape index (κ3) is 4.65. The normalized spacial score (nSPS) is 21.5. The summed E-state index contributed by atoms with van der Waals surface area (Å²) in [6.45, 7) is 6.49. The average Bonchev–Trinajstić information content (AvgIpc) is 3.47. The summed E-state index contributed by atoms with van der Waals surface area (Å²) in [4.78, 5) is 33.2. The molecule has 1 atom stereocenters. The Morgan fingerprint density at radius 3 is 2.80 bits per heavy atom. The Morgan fingerprint density at radius 1 is 1.27 bits per heavy atom. The lowest BCUT2D eigenvalue weighted by Gasteiger charge is -2.23. The Balaban J connectivity index is 1.25. The van der Waals surface area contributed by atoms with Crippen LogP contribution in [0.1, 0.15) is 31.7 Å². The molecule has 2 aliphatic rings. The minimum absolute atomic E-state index is 0.0516. The van der Waals surface area contributed by atoms with Crippen molar-refractivity contribution in [1.29, 1.82) is 0 Å². The molecule has 2 aliphatic heterocycles. The first kappa shape index (κ1) is 20.8. The van der Waals surface area contributed by atoms with E-state index in [-0.39, 0.29) is 17.9 Å². The van der Waals surface area contributed by atoms with E-state index in [1.165, 1.54) is 16.9 Å². The second kappa shape index (κ2) is 9.14. The predicted octanol–water partition coefficient (Wildman–Crippen LogP) is 3.00. The molecule has 1 N–H and O–H groups in total. The highest BCUT2D eigenvalue weighted by molar-refractivity contribution is 7.13. The minimum atomic E-state index is -0.227. The van der Waals surface area contributed by atoms with Crippen LogP contribution in [0.3, 0.4) is 0 Å². The number of benzene rings is 1. The van der Waals surface area contributed by atoms with Crippen LogP contribution >= 0.6 is 11.3 Å². The molecule has 30 heavy (non-hydrogen) atoms. The number of thiazole rings is 1. The van der Waals surface area contributed by atoms with Crippen molar-refractivity contribution < 1.29 is 14.3 Å². The third-order valence-electron chi connectivity index (χ3n) is 5.91. The number of ether oxygens (including phenoxy) is 1. The van der Waals surface area contributed by atoms with Crippen molar-refractivity contribution in [3.05, 3.63) is 41.4 Å². The van der Waals surface area contributed by atoms with Crippen molar-refractivity contribution in [2.75, 3.05) is 38.1 Å². The highest BCUT2D eigenvalue weighted by Gasteiger charge is 2.50. The molecule has 2 fully saturated rings. The zero-order valence-corrected chi connectivity index (χ0v) is 18.1. The summed E-state index contributed by atoms with van der Waals surface area (Å²) in [6, 6.07) is 7.83. The van der Waals surface area contributed by atoms with Gasteiger partial charge in [-0.05, 0) is 43.5 Å². The predicted molar refractivity (Wildman–Crippen MR) is 116 cm³/mol. The number of nitrogens with one attached hydrogen (secondary N) is 1. The van der Waals surface area contributed by atoms with Gasteiger partial charge in [0.15, 0.2) is 11.7 Å². The van der Waals surface area contributed by atoms with E-state index in [2.05, 4.69) is 22.1 Å². The van der Waals surface area contributed by atoms with Gasteiger partial charge in [0, 0.05) is 37.8 Å². The summed E-state index contributed by atoms with van der Waals surface area (Å²) >= 11 is 1.37. The van der Waals surface area contributed by atoms with Gasteiger partial charge in [-0.3, -0.25) is 19.8 Å². The summed E-state index contributed by atoms with van der Waals surface area (Å²) < 4.78 is 5.57. The molecule has 3 heterocycles. The molecule has 160 valence electrons. The fraction of sp³-hybridized carbons (Fsp3) is 0.500. The lowest BCUT2D eigenvalue weighted by Crippen LogP contribution is -2.37. The van der Waals surface area contributed by atoms with Crippen LogP contribution in [0.5, 0.6) is 5.75 Å². The number of hydrogen-bond acceptors (Lipinski definition) is 6. The van der Waals surface area contributed by atoms with Gasteiger partial charge in [0.25, 0.3) is 5.91 Å². The largest absolute Gasteiger partial charge is 0.484 e. The number of likely N-dealkylation sites (tertiary alicyclic amines) is 2. The van der Waals surface area contributed by atoms with E-state index in [0.29, 0.717) is 16.8 Å². The van der Waals surface area contributed by atoms with Crippen LogP contribution < -0.4 is 10.1 Å². The maximum absolute atomic E-state index is 12.8. The molecular formula is C22H28N4O3S. The van der Waals surface area contributed by atoms with Crippen LogP contribution in [0.15, 0.2) is 35.8 Å². The number of nitrogens with zero attached hydrogens (tertiary/aromatic N) is 3. The van der Waals surface area contributed by atoms with Crippen molar-refractivity contribution in [3.63, 3.8) is 0 Å². The molecule has 2 saturated heterocycles. The Kier molecular flexibility index (Phi) is 6.34. The summed E-state index contributed by atoms with van der Waals surface area (Å²) in [7, 11) is 0. The van der Waals surface area contributed by atoms with Crippen molar-refractivity contribution in [1.82, 2.24) is 14.8 Å². The van der Waals surface area contributed by atoms with E-state index in [1.807, 2.05) is 29.2 Å². The lowest BCUT2D eigenvalue weighted by atomic mass is 9.85. The van der Waals surface area contributed by atoms with Gasteiger partial charge in [-0.2, -0.15) is 0 Å². The quantitative estimate of drug-likeness (QED) is 0.700. The summed E-state index contributed by atoms with van der Waals surface area (Å²) in [5, 5.41) is 5.07. The molecule has 8 heteroatoms. The Bertz CT molecular complexity index is 871. The van der Waals surface area contributed by atoms with Gasteiger partial charge in [-0.25, -0.2) is 4.98 Å². The van der Waals surface area contributed by atoms with E-state index in [0.717, 1.165) is 52.0 Å². The molecule has 4 rings (SSSR count). The first-order valence-corrected chi connectivity index (χ1v) is 11.4. The van der Waals surface area contributed by atoms with E-state index in [4.69, 9.17) is 4.74 Å². The highest BCUT2D eigenvalue weighted by Crippen LogP contribution is 2.41. The fourth-order valence-corrected chi connectivity index (χ4v) is 4.93. The van der Waals surface area contributed by atoms with Crippen LogP contribution in [0.25, 0.3) is 0 Å². The van der Waals surface area contributed by atoms with Crippen molar-refractivity contribution in [3.8, 4) is 5.75 Å². The molecular weight excluding hydrogens is 400 g/mol. The Labute approximate surface area is 181 Å². The number of anilines is 1. The molecule has 0 radical (unpaired) electrons. The molecule has 1 unspecified atom stereocenters. The highest BCUT2D eigenvalue weighted by atomic mass is 32.1. The smallest absolute Gasteiger partial charge is 0.264 e. The number of hydrogen-bond donors (Lipinski definition) is 1. The van der Waals surface area contributed by atoms with Gasteiger partial charge < -0.3 is 9.64 Å². The van der Waals surface area contributed by atoms with Gasteiger partial charge in [0.2, 0.25) is 5.91 Å². The molecule has 1 spiro atoms. The summed E-state index contributed by atoms with van der Waals surface area (Å²) in [5.74, 6) is 0.786. The summed E-state index contributed by atoms with van der Waals surface area (Å²) in [5.41, 5.74) is 1.02. The van der Waals surface area contributed by atoms with Gasteiger partial charge in [0.1, 0.15) is 5.75 Å². The second-order valence-corrected chi connectivity index (χ2v) is 9.00. The SMILES string of the molecule is CCCN1CCC2(CCN(Cc3ccc(OCC(=O)Nc4nccs4)cc3)C2)C1=O. The van der Waals surface area contributed by atoms with E-state index >= 15 is 0 Å². The fourth-order valence-electron chi connectivity index (χ4n) is 4.39. The van der Waals surface area contributed by atoms with Crippen molar-refractivity contribution >= 4 is 28.3 Å². The van der Waals surface area contributed by atoms with E-state index in [1.54, 1.807) is 11.6 Å². The molecule has 2 amide bonds. The van der Waals surface area contributed by atoms with Gasteiger partial charge >= 0.3 is 0 Å². The molecule has 1 aromatic heterocycles.